The van der Waals surface area contributed by atoms with Gasteiger partial charge in [0.05, 0.1) is 16.8 Å². The number of thiazole rings is 1. The van der Waals surface area contributed by atoms with Gasteiger partial charge in [-0.1, -0.05) is 41.7 Å². The van der Waals surface area contributed by atoms with Crippen LogP contribution in [0.15, 0.2) is 54.6 Å². The molecule has 0 spiro atoms. The van der Waals surface area contributed by atoms with Gasteiger partial charge in [-0.25, -0.2) is 4.98 Å². The highest BCUT2D eigenvalue weighted by Gasteiger charge is 2.06. The summed E-state index contributed by atoms with van der Waals surface area (Å²) in [7, 11) is 0. The van der Waals surface area contributed by atoms with Crippen molar-refractivity contribution in [3.05, 3.63) is 54.6 Å². The summed E-state index contributed by atoms with van der Waals surface area (Å²) in [5.74, 6) is -0.244. The Kier molecular flexibility index (Phi) is 5.19. The molecule has 0 fully saturated rings. The number of carbonyl (C=O) groups excluding carboxylic acids is 1. The fraction of sp³-hybridized carbons (Fsp3) is 0.0625. The number of para-hydroxylation sites is 2. The monoisotopic (exact) mass is 357 g/mol. The number of anilines is 2. The molecule has 1 heterocycles. The molecule has 0 aliphatic rings. The molecule has 0 saturated heterocycles. The number of benzene rings is 2. The summed E-state index contributed by atoms with van der Waals surface area (Å²) in [6, 6.07) is 17.3. The van der Waals surface area contributed by atoms with Gasteiger partial charge in [0, 0.05) is 5.69 Å². The Labute approximate surface area is 148 Å². The molecule has 3 aromatic rings. The number of aromatic nitrogens is 1. The minimum absolute atomic E-state index is 0.0980. The molecule has 4 N–H and O–H groups in total. The van der Waals surface area contributed by atoms with Gasteiger partial charge in [0.15, 0.2) is 10.2 Å². The highest BCUT2D eigenvalue weighted by atomic mass is 32.1. The Morgan fingerprint density at radius 2 is 1.79 bits per heavy atom. The van der Waals surface area contributed by atoms with Gasteiger partial charge in [0.25, 0.3) is 5.91 Å². The van der Waals surface area contributed by atoms with Crippen LogP contribution < -0.4 is 21.5 Å². The second kappa shape index (κ2) is 7.71. The first-order chi connectivity index (χ1) is 11.7. The van der Waals surface area contributed by atoms with Crippen LogP contribution >= 0.6 is 23.6 Å². The van der Waals surface area contributed by atoms with Crippen LogP contribution in [0.5, 0.6) is 0 Å². The molecule has 0 aliphatic heterocycles. The third-order valence-corrected chi connectivity index (χ3v) is 4.24. The van der Waals surface area contributed by atoms with Crippen LogP contribution in [0.4, 0.5) is 10.8 Å². The van der Waals surface area contributed by atoms with Crippen LogP contribution in [-0.4, -0.2) is 22.5 Å². The Morgan fingerprint density at radius 1 is 1.04 bits per heavy atom. The fourth-order valence-corrected chi connectivity index (χ4v) is 2.99. The quantitative estimate of drug-likeness (QED) is 0.425. The van der Waals surface area contributed by atoms with E-state index in [9.17, 15) is 4.79 Å². The summed E-state index contributed by atoms with van der Waals surface area (Å²) in [5, 5.41) is 6.98. The van der Waals surface area contributed by atoms with Gasteiger partial charge in [-0.2, -0.15) is 0 Å². The summed E-state index contributed by atoms with van der Waals surface area (Å²) in [5.41, 5.74) is 6.94. The fourth-order valence-electron chi connectivity index (χ4n) is 1.96. The second-order valence-electron chi connectivity index (χ2n) is 4.83. The number of hydrazine groups is 1. The van der Waals surface area contributed by atoms with Gasteiger partial charge in [0.2, 0.25) is 0 Å². The third-order valence-electron chi connectivity index (χ3n) is 3.04. The molecule has 0 saturated carbocycles. The number of amides is 1. The average molecular weight is 357 g/mol. The molecule has 0 unspecified atom stereocenters. The SMILES string of the molecule is O=C(CNc1nc2ccccc2s1)NNC(=S)Nc1ccccc1. The third kappa shape index (κ3) is 4.40. The number of fused-ring (bicyclic) bond motifs is 1. The van der Waals surface area contributed by atoms with Crippen molar-refractivity contribution in [3.63, 3.8) is 0 Å². The lowest BCUT2D eigenvalue weighted by atomic mass is 10.3. The van der Waals surface area contributed by atoms with Crippen LogP contribution in [0.1, 0.15) is 0 Å². The average Bonchev–Trinajstić information content (AvgIpc) is 3.02. The second-order valence-corrected chi connectivity index (χ2v) is 6.27. The van der Waals surface area contributed by atoms with Gasteiger partial charge in [0.1, 0.15) is 0 Å². The van der Waals surface area contributed by atoms with Crippen molar-refractivity contribution in [1.82, 2.24) is 15.8 Å². The molecule has 0 atom stereocenters. The largest absolute Gasteiger partial charge is 0.352 e. The van der Waals surface area contributed by atoms with Gasteiger partial charge >= 0.3 is 0 Å². The molecule has 8 heteroatoms. The summed E-state index contributed by atoms with van der Waals surface area (Å²) in [6.45, 7) is 0.0980. The Balaban J connectivity index is 1.43. The van der Waals surface area contributed by atoms with Crippen LogP contribution in [0, 0.1) is 0 Å². The van der Waals surface area contributed by atoms with E-state index < -0.39 is 0 Å². The zero-order valence-corrected chi connectivity index (χ0v) is 14.2. The first kappa shape index (κ1) is 16.2. The first-order valence-corrected chi connectivity index (χ1v) is 8.43. The standard InChI is InChI=1S/C16H15N5OS2/c22-14(20-21-15(23)18-11-6-2-1-3-7-11)10-17-16-19-12-8-4-5-9-13(12)24-16/h1-9H,10H2,(H,17,19)(H,20,22)(H2,18,21,23). The number of hydrogen-bond donors (Lipinski definition) is 4. The molecular formula is C16H15N5OS2. The Bertz CT molecular complexity index is 817. The first-order valence-electron chi connectivity index (χ1n) is 7.21. The van der Waals surface area contributed by atoms with Gasteiger partial charge in [-0.3, -0.25) is 15.6 Å². The Hall–Kier alpha value is -2.71. The van der Waals surface area contributed by atoms with Gasteiger partial charge in [-0.15, -0.1) is 0 Å². The molecule has 0 bridgehead atoms. The molecule has 0 radical (unpaired) electrons. The predicted molar refractivity (Wildman–Crippen MR) is 102 cm³/mol. The maximum absolute atomic E-state index is 11.8. The molecule has 1 amide bonds. The van der Waals surface area contributed by atoms with Crippen LogP contribution in [-0.2, 0) is 4.79 Å². The molecule has 0 aliphatic carbocycles. The number of hydrogen-bond acceptors (Lipinski definition) is 5. The lowest BCUT2D eigenvalue weighted by molar-refractivity contribution is -0.119. The van der Waals surface area contributed by atoms with Crippen molar-refractivity contribution in [2.75, 3.05) is 17.2 Å². The normalized spacial score (nSPS) is 10.2. The van der Waals surface area contributed by atoms with Gasteiger partial charge < -0.3 is 10.6 Å². The summed E-state index contributed by atoms with van der Waals surface area (Å²) >= 11 is 6.61. The highest BCUT2D eigenvalue weighted by Crippen LogP contribution is 2.24. The van der Waals surface area contributed by atoms with Gasteiger partial charge in [-0.05, 0) is 36.5 Å². The Morgan fingerprint density at radius 3 is 2.58 bits per heavy atom. The highest BCUT2D eigenvalue weighted by molar-refractivity contribution is 7.80. The number of nitrogens with one attached hydrogen (secondary N) is 4. The van der Waals surface area contributed by atoms with Crippen molar-refractivity contribution < 1.29 is 4.79 Å². The van der Waals surface area contributed by atoms with E-state index >= 15 is 0 Å². The van der Waals surface area contributed by atoms with E-state index in [1.54, 1.807) is 0 Å². The van der Waals surface area contributed by atoms with Crippen LogP contribution in [0.2, 0.25) is 0 Å². The lowest BCUT2D eigenvalue weighted by Crippen LogP contribution is -2.45. The van der Waals surface area contributed by atoms with E-state index in [1.807, 2.05) is 54.6 Å². The van der Waals surface area contributed by atoms with Crippen molar-refractivity contribution in [3.8, 4) is 0 Å². The van der Waals surface area contributed by atoms with E-state index in [2.05, 4.69) is 26.5 Å². The molecular weight excluding hydrogens is 342 g/mol. The van der Waals surface area contributed by atoms with Crippen LogP contribution in [0.3, 0.4) is 0 Å². The minimum atomic E-state index is -0.244. The van der Waals surface area contributed by atoms with E-state index in [-0.39, 0.29) is 12.5 Å². The maximum atomic E-state index is 11.8. The number of rotatable bonds is 4. The van der Waals surface area contributed by atoms with Crippen molar-refractivity contribution in [2.24, 2.45) is 0 Å². The van der Waals surface area contributed by atoms with Crippen molar-refractivity contribution in [1.29, 1.82) is 0 Å². The lowest BCUT2D eigenvalue weighted by Gasteiger charge is -2.11. The van der Waals surface area contributed by atoms with E-state index in [0.717, 1.165) is 15.9 Å². The summed E-state index contributed by atoms with van der Waals surface area (Å²) in [4.78, 5) is 16.2. The molecule has 6 nitrogen and oxygen atoms in total. The summed E-state index contributed by atoms with van der Waals surface area (Å²) in [6.07, 6.45) is 0. The molecule has 3 rings (SSSR count). The van der Waals surface area contributed by atoms with Crippen LogP contribution in [0.25, 0.3) is 10.2 Å². The van der Waals surface area contributed by atoms with E-state index in [0.29, 0.717) is 10.2 Å². The van der Waals surface area contributed by atoms with Crippen molar-refractivity contribution >= 4 is 55.6 Å². The molecule has 1 aromatic heterocycles. The number of carbonyl (C=O) groups is 1. The minimum Gasteiger partial charge on any atom is -0.352 e. The zero-order valence-electron chi connectivity index (χ0n) is 12.6. The van der Waals surface area contributed by atoms with Crippen molar-refractivity contribution in [2.45, 2.75) is 0 Å². The number of nitrogens with zero attached hydrogens (tertiary/aromatic N) is 1. The zero-order chi connectivity index (χ0) is 16.8. The van der Waals surface area contributed by atoms with E-state index in [4.69, 9.17) is 12.2 Å². The maximum Gasteiger partial charge on any atom is 0.257 e. The summed E-state index contributed by atoms with van der Waals surface area (Å²) < 4.78 is 1.08. The predicted octanol–water partition coefficient (Wildman–Crippen LogP) is 2.73. The smallest absolute Gasteiger partial charge is 0.257 e. The van der Waals surface area contributed by atoms with E-state index in [1.165, 1.54) is 11.3 Å². The topological polar surface area (TPSA) is 78.1 Å². The molecule has 122 valence electrons. The molecule has 24 heavy (non-hydrogen) atoms. The molecule has 2 aromatic carbocycles. The number of thiocarbonyl (C=S) groups is 1.